The maximum absolute atomic E-state index is 13.0. The summed E-state index contributed by atoms with van der Waals surface area (Å²) in [6.07, 6.45) is -2.41. The molecule has 0 heterocycles. The minimum atomic E-state index is -1.29. The van der Waals surface area contributed by atoms with Crippen molar-refractivity contribution in [2.24, 2.45) is 0 Å². The minimum Gasteiger partial charge on any atom is -0.397 e. The molecule has 6 heteroatoms. The third kappa shape index (κ3) is 2.53. The number of nitrogen functional groups attached to an aromatic ring is 2. The van der Waals surface area contributed by atoms with Crippen molar-refractivity contribution in [3.8, 4) is 0 Å². The molecule has 0 fully saturated rings. The summed E-state index contributed by atoms with van der Waals surface area (Å²) >= 11 is 3.82. The summed E-state index contributed by atoms with van der Waals surface area (Å²) in [6.45, 7) is 0. The van der Waals surface area contributed by atoms with E-state index in [0.29, 0.717) is 0 Å². The van der Waals surface area contributed by atoms with Gasteiger partial charge in [0.15, 0.2) is 0 Å². The van der Waals surface area contributed by atoms with Crippen molar-refractivity contribution >= 4 is 24.0 Å². The fourth-order valence-corrected chi connectivity index (χ4v) is 1.41. The van der Waals surface area contributed by atoms with Crippen molar-refractivity contribution in [1.29, 1.82) is 0 Å². The number of rotatable bonds is 3. The Bertz CT molecular complexity index is 362. The summed E-state index contributed by atoms with van der Waals surface area (Å²) in [4.78, 5) is 0. The Morgan fingerprint density at radius 1 is 1.33 bits per heavy atom. The molecule has 1 rings (SSSR count). The first kappa shape index (κ1) is 12.1. The number of aliphatic hydroxyl groups is 2. The number of aliphatic hydroxyl groups excluding tert-OH is 2. The van der Waals surface area contributed by atoms with Gasteiger partial charge in [-0.1, -0.05) is 0 Å². The second-order valence-corrected chi connectivity index (χ2v) is 3.56. The van der Waals surface area contributed by atoms with Crippen LogP contribution >= 0.6 is 12.6 Å². The number of hydrogen-bond donors (Lipinski definition) is 5. The fourth-order valence-electron chi connectivity index (χ4n) is 1.21. The van der Waals surface area contributed by atoms with Crippen LogP contribution in [0.5, 0.6) is 0 Å². The Morgan fingerprint density at radius 3 is 2.47 bits per heavy atom. The van der Waals surface area contributed by atoms with Gasteiger partial charge in [-0.05, 0) is 12.1 Å². The van der Waals surface area contributed by atoms with Gasteiger partial charge in [-0.15, -0.1) is 0 Å². The molecule has 1 aromatic rings. The largest absolute Gasteiger partial charge is 0.397 e. The summed E-state index contributed by atoms with van der Waals surface area (Å²) < 4.78 is 13.0. The van der Waals surface area contributed by atoms with E-state index in [-0.39, 0.29) is 22.7 Å². The Balaban J connectivity index is 3.13. The molecule has 0 aliphatic heterocycles. The van der Waals surface area contributed by atoms with Gasteiger partial charge in [0.2, 0.25) is 0 Å². The number of anilines is 2. The molecule has 0 bridgehead atoms. The SMILES string of the molecule is Nc1cc(F)cc(C(O)C(O)CS)c1N. The molecule has 1 aromatic carbocycles. The Labute approximate surface area is 92.1 Å². The molecule has 0 radical (unpaired) electrons. The zero-order chi connectivity index (χ0) is 11.6. The highest BCUT2D eigenvalue weighted by molar-refractivity contribution is 7.80. The summed E-state index contributed by atoms with van der Waals surface area (Å²) in [7, 11) is 0. The molecule has 2 atom stereocenters. The smallest absolute Gasteiger partial charge is 0.125 e. The molecule has 0 aromatic heterocycles. The topological polar surface area (TPSA) is 92.5 Å². The highest BCUT2D eigenvalue weighted by Crippen LogP contribution is 2.29. The molecule has 0 aliphatic rings. The molecule has 0 amide bonds. The lowest BCUT2D eigenvalue weighted by Crippen LogP contribution is -2.21. The van der Waals surface area contributed by atoms with Crippen LogP contribution < -0.4 is 11.5 Å². The van der Waals surface area contributed by atoms with Gasteiger partial charge in [0.1, 0.15) is 11.9 Å². The van der Waals surface area contributed by atoms with E-state index in [4.69, 9.17) is 11.5 Å². The van der Waals surface area contributed by atoms with E-state index in [9.17, 15) is 14.6 Å². The van der Waals surface area contributed by atoms with Crippen molar-refractivity contribution < 1.29 is 14.6 Å². The van der Waals surface area contributed by atoms with E-state index in [1.165, 1.54) is 0 Å². The van der Waals surface area contributed by atoms with Crippen molar-refractivity contribution in [2.75, 3.05) is 17.2 Å². The summed E-state index contributed by atoms with van der Waals surface area (Å²) in [6, 6.07) is 2.10. The summed E-state index contributed by atoms with van der Waals surface area (Å²) in [5.74, 6) is -0.570. The van der Waals surface area contributed by atoms with Crippen LogP contribution in [-0.4, -0.2) is 22.1 Å². The minimum absolute atomic E-state index is 0.0374. The van der Waals surface area contributed by atoms with Crippen LogP contribution in [0.3, 0.4) is 0 Å². The van der Waals surface area contributed by atoms with Crippen LogP contribution in [0.1, 0.15) is 11.7 Å². The van der Waals surface area contributed by atoms with Gasteiger partial charge in [0.05, 0.1) is 17.5 Å². The van der Waals surface area contributed by atoms with E-state index in [2.05, 4.69) is 12.6 Å². The second kappa shape index (κ2) is 4.69. The van der Waals surface area contributed by atoms with Gasteiger partial charge in [-0.2, -0.15) is 12.6 Å². The van der Waals surface area contributed by atoms with Crippen LogP contribution in [0.2, 0.25) is 0 Å². The first-order valence-electron chi connectivity index (χ1n) is 4.28. The number of halogens is 1. The van der Waals surface area contributed by atoms with E-state index < -0.39 is 18.0 Å². The third-order valence-corrected chi connectivity index (χ3v) is 2.45. The molecule has 0 aliphatic carbocycles. The monoisotopic (exact) mass is 232 g/mol. The second-order valence-electron chi connectivity index (χ2n) is 3.19. The molecule has 84 valence electrons. The number of hydrogen-bond acceptors (Lipinski definition) is 5. The first-order valence-corrected chi connectivity index (χ1v) is 4.92. The number of nitrogens with two attached hydrogens (primary N) is 2. The Kier molecular flexibility index (Phi) is 3.78. The molecule has 0 saturated carbocycles. The average Bonchev–Trinajstić information content (AvgIpc) is 2.21. The first-order chi connectivity index (χ1) is 6.97. The van der Waals surface area contributed by atoms with Crippen LogP contribution in [0.4, 0.5) is 15.8 Å². The van der Waals surface area contributed by atoms with Crippen LogP contribution in [0, 0.1) is 5.82 Å². The van der Waals surface area contributed by atoms with Crippen molar-refractivity contribution in [2.45, 2.75) is 12.2 Å². The molecule has 6 N–H and O–H groups in total. The number of thiol groups is 1. The van der Waals surface area contributed by atoms with Crippen LogP contribution in [0.15, 0.2) is 12.1 Å². The maximum atomic E-state index is 13.0. The lowest BCUT2D eigenvalue weighted by atomic mass is 10.0. The van der Waals surface area contributed by atoms with Gasteiger partial charge < -0.3 is 21.7 Å². The maximum Gasteiger partial charge on any atom is 0.125 e. The predicted molar refractivity (Wildman–Crippen MR) is 60.0 cm³/mol. The van der Waals surface area contributed by atoms with Crippen LogP contribution in [-0.2, 0) is 0 Å². The molecule has 15 heavy (non-hydrogen) atoms. The molecule has 2 unspecified atom stereocenters. The Hall–Kier alpha value is -0.980. The number of benzene rings is 1. The molecular formula is C9H13FN2O2S. The lowest BCUT2D eigenvalue weighted by molar-refractivity contribution is 0.0341. The zero-order valence-electron chi connectivity index (χ0n) is 7.89. The quantitative estimate of drug-likeness (QED) is 0.383. The van der Waals surface area contributed by atoms with Gasteiger partial charge in [0, 0.05) is 11.3 Å². The van der Waals surface area contributed by atoms with Gasteiger partial charge in [-0.3, -0.25) is 0 Å². The fraction of sp³-hybridized carbons (Fsp3) is 0.333. The highest BCUT2D eigenvalue weighted by Gasteiger charge is 2.21. The van der Waals surface area contributed by atoms with E-state index in [1.54, 1.807) is 0 Å². The third-order valence-electron chi connectivity index (χ3n) is 2.08. The highest BCUT2D eigenvalue weighted by atomic mass is 32.1. The normalized spacial score (nSPS) is 14.9. The van der Waals surface area contributed by atoms with E-state index in [0.717, 1.165) is 12.1 Å². The van der Waals surface area contributed by atoms with E-state index >= 15 is 0 Å². The average molecular weight is 232 g/mol. The molecule has 0 saturated heterocycles. The van der Waals surface area contributed by atoms with Gasteiger partial charge in [-0.25, -0.2) is 4.39 Å². The Morgan fingerprint density at radius 2 is 1.93 bits per heavy atom. The molecule has 0 spiro atoms. The predicted octanol–water partition coefficient (Wildman–Crippen LogP) is 0.314. The summed E-state index contributed by atoms with van der Waals surface area (Å²) in [5.41, 5.74) is 11.2. The standard InChI is InChI=1S/C9H13FN2O2S/c10-4-1-5(8(12)6(11)2-4)9(14)7(13)3-15/h1-2,7,9,13-15H,3,11-12H2. The van der Waals surface area contributed by atoms with Gasteiger partial charge in [0.25, 0.3) is 0 Å². The zero-order valence-corrected chi connectivity index (χ0v) is 8.79. The van der Waals surface area contributed by atoms with Crippen molar-refractivity contribution in [1.82, 2.24) is 0 Å². The lowest BCUT2D eigenvalue weighted by Gasteiger charge is -2.18. The van der Waals surface area contributed by atoms with Crippen LogP contribution in [0.25, 0.3) is 0 Å². The van der Waals surface area contributed by atoms with E-state index in [1.807, 2.05) is 0 Å². The molecule has 4 nitrogen and oxygen atoms in total. The van der Waals surface area contributed by atoms with Crippen molar-refractivity contribution in [3.63, 3.8) is 0 Å². The summed E-state index contributed by atoms with van der Waals surface area (Å²) in [5, 5.41) is 19.0. The van der Waals surface area contributed by atoms with Crippen molar-refractivity contribution in [3.05, 3.63) is 23.5 Å². The molecular weight excluding hydrogens is 219 g/mol. The van der Waals surface area contributed by atoms with Gasteiger partial charge >= 0.3 is 0 Å².